The van der Waals surface area contributed by atoms with Crippen LogP contribution >= 0.6 is 0 Å². The second kappa shape index (κ2) is 5.87. The highest BCUT2D eigenvalue weighted by molar-refractivity contribution is 5.96. The van der Waals surface area contributed by atoms with Crippen LogP contribution in [0, 0.1) is 5.82 Å². The second-order valence-electron chi connectivity index (χ2n) is 5.50. The van der Waals surface area contributed by atoms with Crippen molar-refractivity contribution >= 4 is 11.9 Å². The van der Waals surface area contributed by atoms with Crippen molar-refractivity contribution < 1.29 is 23.5 Å². The fraction of sp³-hybridized carbons (Fsp3) is 0.294. The van der Waals surface area contributed by atoms with Gasteiger partial charge < -0.3 is 14.4 Å². The number of rotatable bonds is 3. The van der Waals surface area contributed by atoms with Crippen LogP contribution < -0.4 is 0 Å². The van der Waals surface area contributed by atoms with Gasteiger partial charge in [-0.3, -0.25) is 4.79 Å². The topological polar surface area (TPSA) is 70.8 Å². The van der Waals surface area contributed by atoms with Crippen molar-refractivity contribution in [3.05, 3.63) is 58.3 Å². The molecule has 1 amide bonds. The van der Waals surface area contributed by atoms with E-state index >= 15 is 0 Å². The Hall–Kier alpha value is -2.63. The van der Waals surface area contributed by atoms with Crippen molar-refractivity contribution in [2.24, 2.45) is 0 Å². The maximum Gasteiger partial charge on any atom is 0.339 e. The maximum absolute atomic E-state index is 13.2. The molecule has 0 unspecified atom stereocenters. The minimum atomic E-state index is -1.11. The number of furan rings is 1. The van der Waals surface area contributed by atoms with Crippen LogP contribution in [0.2, 0.25) is 0 Å². The van der Waals surface area contributed by atoms with Crippen molar-refractivity contribution in [1.82, 2.24) is 4.90 Å². The summed E-state index contributed by atoms with van der Waals surface area (Å²) in [5.41, 5.74) is 1.82. The van der Waals surface area contributed by atoms with Gasteiger partial charge in [0.15, 0.2) is 5.76 Å². The molecule has 6 heteroatoms. The molecular weight excluding hydrogens is 301 g/mol. The molecule has 1 aliphatic heterocycles. The van der Waals surface area contributed by atoms with Gasteiger partial charge in [0.05, 0.1) is 0 Å². The van der Waals surface area contributed by atoms with Crippen LogP contribution in [0.15, 0.2) is 28.7 Å². The Morgan fingerprint density at radius 1 is 1.30 bits per heavy atom. The molecule has 1 aromatic carbocycles. The van der Waals surface area contributed by atoms with E-state index in [0.29, 0.717) is 31.7 Å². The summed E-state index contributed by atoms with van der Waals surface area (Å²) in [5, 5.41) is 9.14. The first-order chi connectivity index (χ1) is 11.0. The summed E-state index contributed by atoms with van der Waals surface area (Å²) in [6, 6.07) is 5.81. The fourth-order valence-corrected chi connectivity index (χ4v) is 2.83. The molecule has 1 aliphatic rings. The van der Waals surface area contributed by atoms with Crippen LogP contribution in [0.1, 0.15) is 44.7 Å². The number of nitrogens with zero attached hydrogens (tertiary/aromatic N) is 1. The molecule has 0 radical (unpaired) electrons. The van der Waals surface area contributed by atoms with Gasteiger partial charge in [-0.25, -0.2) is 9.18 Å². The van der Waals surface area contributed by atoms with E-state index in [9.17, 15) is 14.0 Å². The van der Waals surface area contributed by atoms with Crippen LogP contribution in [0.25, 0.3) is 0 Å². The molecule has 23 heavy (non-hydrogen) atoms. The predicted octanol–water partition coefficient (Wildman–Crippen LogP) is 2.88. The first-order valence-corrected chi connectivity index (χ1v) is 7.42. The summed E-state index contributed by atoms with van der Waals surface area (Å²) in [4.78, 5) is 25.3. The van der Waals surface area contributed by atoms with E-state index in [1.54, 1.807) is 17.9 Å². The van der Waals surface area contributed by atoms with E-state index in [0.717, 1.165) is 11.1 Å². The smallest absolute Gasteiger partial charge is 0.339 e. The molecule has 0 spiro atoms. The van der Waals surface area contributed by atoms with Crippen LogP contribution in [0.3, 0.4) is 0 Å². The third-order valence-corrected chi connectivity index (χ3v) is 4.04. The standard InChI is InChI=1S/C17H16FNO4/c1-2-14-13(17(21)22)8-15(23-14)16(20)19-6-5-10-7-12(18)4-3-11(10)9-19/h3-4,7-8H,2,5-6,9H2,1H3,(H,21,22). The van der Waals surface area contributed by atoms with Gasteiger partial charge in [0.2, 0.25) is 0 Å². The third-order valence-electron chi connectivity index (χ3n) is 4.04. The van der Waals surface area contributed by atoms with Crippen LogP contribution in [0.5, 0.6) is 0 Å². The lowest BCUT2D eigenvalue weighted by molar-refractivity contribution is 0.0687. The first kappa shape index (κ1) is 15.3. The van der Waals surface area contributed by atoms with E-state index in [4.69, 9.17) is 9.52 Å². The molecule has 2 aromatic rings. The van der Waals surface area contributed by atoms with Crippen LogP contribution in [-0.2, 0) is 19.4 Å². The molecule has 0 fully saturated rings. The Kier molecular flexibility index (Phi) is 3.90. The third kappa shape index (κ3) is 2.84. The number of carbonyl (C=O) groups is 2. The highest BCUT2D eigenvalue weighted by Gasteiger charge is 2.26. The second-order valence-corrected chi connectivity index (χ2v) is 5.50. The molecule has 0 aliphatic carbocycles. The molecule has 1 N–H and O–H groups in total. The van der Waals surface area contributed by atoms with Gasteiger partial charge in [0.25, 0.3) is 5.91 Å². The van der Waals surface area contributed by atoms with Gasteiger partial charge in [-0.15, -0.1) is 0 Å². The van der Waals surface area contributed by atoms with Crippen molar-refractivity contribution in [3.8, 4) is 0 Å². The number of fused-ring (bicyclic) bond motifs is 1. The normalized spacial score (nSPS) is 13.7. The van der Waals surface area contributed by atoms with Crippen molar-refractivity contribution in [2.45, 2.75) is 26.3 Å². The maximum atomic E-state index is 13.2. The Morgan fingerprint density at radius 2 is 2.09 bits per heavy atom. The van der Waals surface area contributed by atoms with Crippen molar-refractivity contribution in [2.75, 3.05) is 6.54 Å². The number of aromatic carboxylic acids is 1. The summed E-state index contributed by atoms with van der Waals surface area (Å²) in [6.07, 6.45) is 0.961. The predicted molar refractivity (Wildman–Crippen MR) is 79.9 cm³/mol. The molecule has 3 rings (SSSR count). The highest BCUT2D eigenvalue weighted by Crippen LogP contribution is 2.23. The number of hydrogen-bond acceptors (Lipinski definition) is 3. The number of carboxylic acids is 1. The Labute approximate surface area is 132 Å². The molecule has 0 bridgehead atoms. The van der Waals surface area contributed by atoms with Crippen LogP contribution in [-0.4, -0.2) is 28.4 Å². The Bertz CT molecular complexity index is 781. The minimum Gasteiger partial charge on any atom is -0.478 e. The van der Waals surface area contributed by atoms with E-state index in [2.05, 4.69) is 0 Å². The fourth-order valence-electron chi connectivity index (χ4n) is 2.83. The number of aryl methyl sites for hydroxylation is 1. The van der Waals surface area contributed by atoms with Gasteiger partial charge in [0.1, 0.15) is 17.1 Å². The lowest BCUT2D eigenvalue weighted by Crippen LogP contribution is -2.35. The van der Waals surface area contributed by atoms with Crippen molar-refractivity contribution in [1.29, 1.82) is 0 Å². The van der Waals surface area contributed by atoms with Gasteiger partial charge in [-0.1, -0.05) is 13.0 Å². The number of benzene rings is 1. The van der Waals surface area contributed by atoms with E-state index in [1.165, 1.54) is 18.2 Å². The average molecular weight is 317 g/mol. The first-order valence-electron chi connectivity index (χ1n) is 7.42. The Morgan fingerprint density at radius 3 is 2.74 bits per heavy atom. The Balaban J connectivity index is 1.84. The highest BCUT2D eigenvalue weighted by atomic mass is 19.1. The van der Waals surface area contributed by atoms with Crippen LogP contribution in [0.4, 0.5) is 4.39 Å². The van der Waals surface area contributed by atoms with Gasteiger partial charge in [-0.2, -0.15) is 0 Å². The molecule has 120 valence electrons. The summed E-state index contributed by atoms with van der Waals surface area (Å²) >= 11 is 0. The molecule has 0 atom stereocenters. The summed E-state index contributed by atoms with van der Waals surface area (Å²) < 4.78 is 18.6. The van der Waals surface area contributed by atoms with Crippen molar-refractivity contribution in [3.63, 3.8) is 0 Å². The zero-order chi connectivity index (χ0) is 16.6. The lowest BCUT2D eigenvalue weighted by Gasteiger charge is -2.28. The minimum absolute atomic E-state index is 0.0235. The number of halogens is 1. The lowest BCUT2D eigenvalue weighted by atomic mass is 9.99. The van der Waals surface area contributed by atoms with Gasteiger partial charge in [0, 0.05) is 25.6 Å². The summed E-state index contributed by atoms with van der Waals surface area (Å²) in [7, 11) is 0. The molecular formula is C17H16FNO4. The number of hydrogen-bond donors (Lipinski definition) is 1. The monoisotopic (exact) mass is 317 g/mol. The quantitative estimate of drug-likeness (QED) is 0.945. The summed E-state index contributed by atoms with van der Waals surface area (Å²) in [6.45, 7) is 2.57. The number of carbonyl (C=O) groups excluding carboxylic acids is 1. The largest absolute Gasteiger partial charge is 0.478 e. The molecule has 0 saturated heterocycles. The van der Waals surface area contributed by atoms with E-state index < -0.39 is 5.97 Å². The van der Waals surface area contributed by atoms with Gasteiger partial charge >= 0.3 is 5.97 Å². The average Bonchev–Trinajstić information content (AvgIpc) is 2.98. The molecule has 0 saturated carbocycles. The zero-order valence-corrected chi connectivity index (χ0v) is 12.6. The van der Waals surface area contributed by atoms with E-state index in [1.807, 2.05) is 0 Å². The van der Waals surface area contributed by atoms with Gasteiger partial charge in [-0.05, 0) is 29.7 Å². The molecule has 2 heterocycles. The van der Waals surface area contributed by atoms with E-state index in [-0.39, 0.29) is 23.0 Å². The zero-order valence-electron chi connectivity index (χ0n) is 12.6. The number of carboxylic acid groups (broad SMARTS) is 1. The SMILES string of the molecule is CCc1oc(C(=O)N2CCc3cc(F)ccc3C2)cc1C(=O)O. The molecule has 5 nitrogen and oxygen atoms in total. The molecule has 1 aromatic heterocycles. The summed E-state index contributed by atoms with van der Waals surface area (Å²) in [5.74, 6) is -1.41. The number of amides is 1.